The predicted molar refractivity (Wildman–Crippen MR) is 100 cm³/mol. The van der Waals surface area contributed by atoms with Gasteiger partial charge in [0, 0.05) is 24.7 Å². The molecule has 0 heterocycles. The number of hydrogen-bond acceptors (Lipinski definition) is 4. The summed E-state index contributed by atoms with van der Waals surface area (Å²) in [6.07, 6.45) is 6.80. The number of ether oxygens (including phenoxy) is 2. The SMILES string of the molecule is COc1cc(CN(CC=Cc2ccccc2OC)C2CC2)ccc1O. The first-order valence-corrected chi connectivity index (χ1v) is 8.60. The molecule has 3 rings (SSSR count). The van der Waals surface area contributed by atoms with Crippen LogP contribution >= 0.6 is 0 Å². The van der Waals surface area contributed by atoms with Crippen molar-refractivity contribution in [3.05, 3.63) is 59.7 Å². The number of benzene rings is 2. The second kappa shape index (κ2) is 8.08. The second-order valence-corrected chi connectivity index (χ2v) is 6.31. The summed E-state index contributed by atoms with van der Waals surface area (Å²) < 4.78 is 10.6. The van der Waals surface area contributed by atoms with Crippen molar-refractivity contribution < 1.29 is 14.6 Å². The molecule has 0 bridgehead atoms. The van der Waals surface area contributed by atoms with Crippen molar-refractivity contribution in [2.75, 3.05) is 20.8 Å². The lowest BCUT2D eigenvalue weighted by Crippen LogP contribution is -2.25. The number of methoxy groups -OCH3 is 2. The molecule has 1 aliphatic rings. The van der Waals surface area contributed by atoms with E-state index >= 15 is 0 Å². The molecule has 0 saturated heterocycles. The topological polar surface area (TPSA) is 41.9 Å². The van der Waals surface area contributed by atoms with E-state index in [0.717, 1.165) is 30.0 Å². The van der Waals surface area contributed by atoms with Gasteiger partial charge in [0.1, 0.15) is 5.75 Å². The molecule has 1 N–H and O–H groups in total. The fourth-order valence-corrected chi connectivity index (χ4v) is 2.96. The van der Waals surface area contributed by atoms with Crippen LogP contribution in [-0.4, -0.2) is 36.8 Å². The monoisotopic (exact) mass is 339 g/mol. The lowest BCUT2D eigenvalue weighted by Gasteiger charge is -2.20. The first-order valence-electron chi connectivity index (χ1n) is 8.60. The molecule has 0 amide bonds. The van der Waals surface area contributed by atoms with E-state index in [1.807, 2.05) is 30.3 Å². The van der Waals surface area contributed by atoms with Crippen molar-refractivity contribution in [2.45, 2.75) is 25.4 Å². The van der Waals surface area contributed by atoms with Gasteiger partial charge in [0.15, 0.2) is 11.5 Å². The second-order valence-electron chi connectivity index (χ2n) is 6.31. The summed E-state index contributed by atoms with van der Waals surface area (Å²) in [5, 5.41) is 9.75. The number of hydrogen-bond donors (Lipinski definition) is 1. The Morgan fingerprint density at radius 3 is 2.56 bits per heavy atom. The van der Waals surface area contributed by atoms with Gasteiger partial charge in [0.25, 0.3) is 0 Å². The van der Waals surface area contributed by atoms with Crippen LogP contribution in [-0.2, 0) is 6.54 Å². The summed E-state index contributed by atoms with van der Waals surface area (Å²) in [5.41, 5.74) is 2.24. The minimum atomic E-state index is 0.181. The van der Waals surface area contributed by atoms with E-state index in [4.69, 9.17) is 9.47 Å². The van der Waals surface area contributed by atoms with E-state index in [0.29, 0.717) is 11.8 Å². The Labute approximate surface area is 149 Å². The lowest BCUT2D eigenvalue weighted by molar-refractivity contribution is 0.283. The molecule has 0 unspecified atom stereocenters. The average Bonchev–Trinajstić information content (AvgIpc) is 3.48. The van der Waals surface area contributed by atoms with E-state index < -0.39 is 0 Å². The predicted octanol–water partition coefficient (Wildman–Crippen LogP) is 4.09. The molecule has 132 valence electrons. The molecule has 0 atom stereocenters. The van der Waals surface area contributed by atoms with Crippen molar-refractivity contribution in [1.29, 1.82) is 0 Å². The average molecular weight is 339 g/mol. The van der Waals surface area contributed by atoms with Gasteiger partial charge in [-0.15, -0.1) is 0 Å². The minimum absolute atomic E-state index is 0.181. The Bertz CT molecular complexity index is 738. The van der Waals surface area contributed by atoms with Crippen LogP contribution in [0.5, 0.6) is 17.2 Å². The van der Waals surface area contributed by atoms with Gasteiger partial charge in [-0.05, 0) is 36.6 Å². The Morgan fingerprint density at radius 1 is 1.08 bits per heavy atom. The summed E-state index contributed by atoms with van der Waals surface area (Å²) in [4.78, 5) is 2.46. The largest absolute Gasteiger partial charge is 0.504 e. The zero-order chi connectivity index (χ0) is 17.6. The quantitative estimate of drug-likeness (QED) is 0.787. The third-order valence-corrected chi connectivity index (χ3v) is 4.47. The number of phenolic OH excluding ortho intramolecular Hbond substituents is 1. The van der Waals surface area contributed by atoms with E-state index in [2.05, 4.69) is 23.1 Å². The summed E-state index contributed by atoms with van der Waals surface area (Å²) in [5.74, 6) is 1.60. The van der Waals surface area contributed by atoms with Gasteiger partial charge in [-0.1, -0.05) is 36.4 Å². The summed E-state index contributed by atoms with van der Waals surface area (Å²) >= 11 is 0. The maximum atomic E-state index is 9.75. The lowest BCUT2D eigenvalue weighted by atomic mass is 10.1. The highest BCUT2D eigenvalue weighted by Gasteiger charge is 2.28. The third-order valence-electron chi connectivity index (χ3n) is 4.47. The van der Waals surface area contributed by atoms with E-state index in [1.165, 1.54) is 12.8 Å². The van der Waals surface area contributed by atoms with E-state index in [1.54, 1.807) is 20.3 Å². The fourth-order valence-electron chi connectivity index (χ4n) is 2.96. The normalized spacial score (nSPS) is 14.2. The van der Waals surface area contributed by atoms with Crippen molar-refractivity contribution >= 4 is 6.08 Å². The maximum Gasteiger partial charge on any atom is 0.160 e. The number of rotatable bonds is 8. The standard InChI is InChI=1S/C21H25NO3/c1-24-20-8-4-3-6-17(20)7-5-13-22(18-10-11-18)15-16-9-12-19(23)21(14-16)25-2/h3-9,12,14,18,23H,10-11,13,15H2,1-2H3. The molecular formula is C21H25NO3. The summed E-state index contributed by atoms with van der Waals surface area (Å²) in [6.45, 7) is 1.73. The first-order chi connectivity index (χ1) is 12.2. The molecule has 1 aliphatic carbocycles. The van der Waals surface area contributed by atoms with Gasteiger partial charge in [0.2, 0.25) is 0 Å². The fraction of sp³-hybridized carbons (Fsp3) is 0.333. The molecule has 25 heavy (non-hydrogen) atoms. The van der Waals surface area contributed by atoms with Crippen LogP contribution in [0.2, 0.25) is 0 Å². The van der Waals surface area contributed by atoms with E-state index in [-0.39, 0.29) is 5.75 Å². The van der Waals surface area contributed by atoms with Gasteiger partial charge in [-0.25, -0.2) is 0 Å². The number of para-hydroxylation sites is 1. The first kappa shape index (κ1) is 17.4. The molecule has 0 radical (unpaired) electrons. The number of phenols is 1. The Morgan fingerprint density at radius 2 is 1.84 bits per heavy atom. The molecule has 2 aromatic rings. The van der Waals surface area contributed by atoms with Crippen LogP contribution in [0, 0.1) is 0 Å². The van der Waals surface area contributed by atoms with Crippen LogP contribution in [0.4, 0.5) is 0 Å². The molecule has 2 aromatic carbocycles. The smallest absolute Gasteiger partial charge is 0.160 e. The van der Waals surface area contributed by atoms with Gasteiger partial charge in [-0.3, -0.25) is 4.90 Å². The Hall–Kier alpha value is -2.46. The number of aromatic hydroxyl groups is 1. The molecule has 1 fully saturated rings. The molecule has 4 nitrogen and oxygen atoms in total. The Kier molecular flexibility index (Phi) is 5.61. The highest BCUT2D eigenvalue weighted by Crippen LogP contribution is 2.31. The molecule has 4 heteroatoms. The van der Waals surface area contributed by atoms with Gasteiger partial charge < -0.3 is 14.6 Å². The van der Waals surface area contributed by atoms with Crippen molar-refractivity contribution in [2.24, 2.45) is 0 Å². The minimum Gasteiger partial charge on any atom is -0.504 e. The molecule has 1 saturated carbocycles. The molecule has 0 aromatic heterocycles. The van der Waals surface area contributed by atoms with Crippen LogP contribution < -0.4 is 9.47 Å². The summed E-state index contributed by atoms with van der Waals surface area (Å²) in [6, 6.07) is 14.2. The van der Waals surface area contributed by atoms with Crippen LogP contribution in [0.1, 0.15) is 24.0 Å². The maximum absolute atomic E-state index is 9.75. The number of nitrogens with zero attached hydrogens (tertiary/aromatic N) is 1. The molecule has 0 aliphatic heterocycles. The van der Waals surface area contributed by atoms with Crippen LogP contribution in [0.3, 0.4) is 0 Å². The highest BCUT2D eigenvalue weighted by molar-refractivity contribution is 5.57. The zero-order valence-electron chi connectivity index (χ0n) is 14.8. The van der Waals surface area contributed by atoms with Crippen LogP contribution in [0.15, 0.2) is 48.5 Å². The Balaban J connectivity index is 1.67. The van der Waals surface area contributed by atoms with Crippen molar-refractivity contribution in [1.82, 2.24) is 4.90 Å². The highest BCUT2D eigenvalue weighted by atomic mass is 16.5. The van der Waals surface area contributed by atoms with Crippen molar-refractivity contribution in [3.63, 3.8) is 0 Å². The van der Waals surface area contributed by atoms with Crippen molar-refractivity contribution in [3.8, 4) is 17.2 Å². The van der Waals surface area contributed by atoms with Gasteiger partial charge in [-0.2, -0.15) is 0 Å². The molecular weight excluding hydrogens is 314 g/mol. The molecule has 0 spiro atoms. The summed E-state index contributed by atoms with van der Waals surface area (Å²) in [7, 11) is 3.27. The van der Waals surface area contributed by atoms with E-state index in [9.17, 15) is 5.11 Å². The third kappa shape index (κ3) is 4.54. The van der Waals surface area contributed by atoms with Gasteiger partial charge >= 0.3 is 0 Å². The zero-order valence-corrected chi connectivity index (χ0v) is 14.8. The van der Waals surface area contributed by atoms with Gasteiger partial charge in [0.05, 0.1) is 14.2 Å². The van der Waals surface area contributed by atoms with Crippen LogP contribution in [0.25, 0.3) is 6.08 Å².